The van der Waals surface area contributed by atoms with Crippen LogP contribution < -0.4 is 9.46 Å². The summed E-state index contributed by atoms with van der Waals surface area (Å²) < 4.78 is 122. The number of sulfonamides is 1. The van der Waals surface area contributed by atoms with Crippen molar-refractivity contribution < 1.29 is 53.8 Å². The number of aromatic nitrogens is 2. The highest BCUT2D eigenvalue weighted by molar-refractivity contribution is 7.89. The van der Waals surface area contributed by atoms with E-state index >= 15 is 0 Å². The van der Waals surface area contributed by atoms with Gasteiger partial charge in [-0.1, -0.05) is 18.2 Å². The van der Waals surface area contributed by atoms with E-state index in [0.717, 1.165) is 24.3 Å². The number of morpholine rings is 1. The molecule has 0 aliphatic carbocycles. The Morgan fingerprint density at radius 1 is 0.977 bits per heavy atom. The van der Waals surface area contributed by atoms with E-state index in [1.54, 1.807) is 17.0 Å². The van der Waals surface area contributed by atoms with Gasteiger partial charge in [-0.2, -0.15) is 36.2 Å². The van der Waals surface area contributed by atoms with Crippen LogP contribution >= 0.6 is 0 Å². The van der Waals surface area contributed by atoms with Crippen LogP contribution in [0.5, 0.6) is 11.6 Å². The van der Waals surface area contributed by atoms with Crippen LogP contribution in [0, 0.1) is 0 Å². The lowest BCUT2D eigenvalue weighted by molar-refractivity contribution is -0.138. The first-order chi connectivity index (χ1) is 20.6. The molecule has 2 aliphatic rings. The largest absolute Gasteiger partial charge is 0.439 e. The van der Waals surface area contributed by atoms with E-state index in [9.17, 15) is 39.6 Å². The van der Waals surface area contributed by atoms with Crippen molar-refractivity contribution in [1.82, 2.24) is 19.4 Å². The average molecular weight is 649 g/mol. The summed E-state index contributed by atoms with van der Waals surface area (Å²) in [6.07, 6.45) is -9.50. The Kier molecular flexibility index (Phi) is 8.67. The number of alkyl halides is 6. The number of carbonyl (C=O) groups is 1. The molecule has 0 bridgehead atoms. The predicted molar refractivity (Wildman–Crippen MR) is 142 cm³/mol. The lowest BCUT2D eigenvalue weighted by Gasteiger charge is -2.42. The van der Waals surface area contributed by atoms with E-state index in [-0.39, 0.29) is 43.0 Å². The maximum Gasteiger partial charge on any atom is 0.416 e. The Morgan fingerprint density at radius 3 is 2.25 bits per heavy atom. The number of amides is 1. The molecule has 0 radical (unpaired) electrons. The lowest BCUT2D eigenvalue weighted by Crippen LogP contribution is -2.60. The van der Waals surface area contributed by atoms with Gasteiger partial charge < -0.3 is 19.1 Å². The smallest absolute Gasteiger partial charge is 0.416 e. The van der Waals surface area contributed by atoms with Gasteiger partial charge >= 0.3 is 12.4 Å². The first-order valence-corrected chi connectivity index (χ1v) is 14.8. The Balaban J connectivity index is 1.45. The van der Waals surface area contributed by atoms with Gasteiger partial charge in [-0.15, -0.1) is 0 Å². The van der Waals surface area contributed by atoms with Gasteiger partial charge in [-0.25, -0.2) is 13.1 Å². The molecule has 2 aromatic carbocycles. The first kappa shape index (κ1) is 31.7. The Morgan fingerprint density at radius 2 is 1.66 bits per heavy atom. The zero-order chi connectivity index (χ0) is 31.8. The molecular weight excluding hydrogens is 622 g/mol. The van der Waals surface area contributed by atoms with Crippen molar-refractivity contribution in [2.24, 2.45) is 0 Å². The highest BCUT2D eigenvalue weighted by Gasteiger charge is 2.46. The fraction of sp³-hybridized carbons (Fsp3) is 0.407. The van der Waals surface area contributed by atoms with Crippen molar-refractivity contribution in [3.05, 3.63) is 65.7 Å². The van der Waals surface area contributed by atoms with E-state index in [2.05, 4.69) is 9.82 Å². The van der Waals surface area contributed by atoms with Crippen molar-refractivity contribution in [2.75, 3.05) is 45.3 Å². The fourth-order valence-corrected chi connectivity index (χ4v) is 6.06. The summed E-state index contributed by atoms with van der Waals surface area (Å²) in [6.45, 7) is 0.740. The minimum Gasteiger partial charge on any atom is -0.439 e. The Labute approximate surface area is 247 Å². The van der Waals surface area contributed by atoms with Gasteiger partial charge in [-0.3, -0.25) is 4.79 Å². The molecule has 0 atom stereocenters. The highest BCUT2D eigenvalue weighted by atomic mass is 32.2. The molecule has 3 heterocycles. The van der Waals surface area contributed by atoms with E-state index in [1.165, 1.54) is 22.9 Å². The molecule has 1 amide bonds. The van der Waals surface area contributed by atoms with Gasteiger partial charge in [0.2, 0.25) is 21.8 Å². The van der Waals surface area contributed by atoms with Crippen LogP contribution in [0.2, 0.25) is 0 Å². The van der Waals surface area contributed by atoms with Crippen LogP contribution in [0.3, 0.4) is 0 Å². The molecule has 5 rings (SSSR count). The van der Waals surface area contributed by atoms with E-state index < -0.39 is 39.2 Å². The van der Waals surface area contributed by atoms with E-state index in [0.29, 0.717) is 37.4 Å². The summed E-state index contributed by atoms with van der Waals surface area (Å²) in [4.78, 5) is 14.6. The number of hydrogen-bond donors (Lipinski definition) is 1. The third-order valence-electron chi connectivity index (χ3n) is 6.91. The molecular formula is C27H26F6N4O6S. The Hall–Kier alpha value is -3.67. The van der Waals surface area contributed by atoms with Crippen molar-refractivity contribution >= 4 is 15.9 Å². The number of rotatable bonds is 9. The van der Waals surface area contributed by atoms with Crippen molar-refractivity contribution in [3.8, 4) is 22.9 Å². The number of halogens is 6. The van der Waals surface area contributed by atoms with Gasteiger partial charge in [0.1, 0.15) is 17.8 Å². The standard InChI is InChI=1S/C27H26F6N4O6S/c28-26(29,30)17-44(39,40)35-25(15-42-16-25)20-3-1-2-18(12-20)22-13-24(43-21-6-4-19(5-7-21)27(31,32)33)37(34-22)14-23(38)36-8-10-41-11-9-36/h1-7,12-13,35H,8-11,14-17H2. The summed E-state index contributed by atoms with van der Waals surface area (Å²) >= 11 is 0. The molecule has 17 heteroatoms. The summed E-state index contributed by atoms with van der Waals surface area (Å²) in [5, 5.41) is 4.47. The zero-order valence-electron chi connectivity index (χ0n) is 22.8. The molecule has 44 heavy (non-hydrogen) atoms. The maximum absolute atomic E-state index is 13.0. The second kappa shape index (κ2) is 12.0. The molecule has 0 unspecified atom stereocenters. The maximum atomic E-state index is 13.0. The molecule has 238 valence electrons. The molecule has 1 N–H and O–H groups in total. The second-order valence-electron chi connectivity index (χ2n) is 10.3. The predicted octanol–water partition coefficient (Wildman–Crippen LogP) is 3.93. The normalized spacial score (nSPS) is 17.3. The first-order valence-electron chi connectivity index (χ1n) is 13.2. The van der Waals surface area contributed by atoms with Crippen LogP contribution in [-0.4, -0.2) is 80.5 Å². The summed E-state index contributed by atoms with van der Waals surface area (Å²) in [5.41, 5.74) is -1.36. The monoisotopic (exact) mass is 648 g/mol. The molecule has 2 saturated heterocycles. The average Bonchev–Trinajstić information content (AvgIpc) is 3.31. The topological polar surface area (TPSA) is 112 Å². The van der Waals surface area contributed by atoms with Crippen LogP contribution in [0.1, 0.15) is 11.1 Å². The SMILES string of the molecule is O=C(Cn1nc(-c2cccc(C3(NS(=O)(=O)CC(F)(F)F)COC3)c2)cc1Oc1ccc(C(F)(F)F)cc1)N1CCOCC1. The van der Waals surface area contributed by atoms with Crippen LogP contribution in [0.25, 0.3) is 11.3 Å². The molecule has 0 spiro atoms. The van der Waals surface area contributed by atoms with Gasteiger partial charge in [0.25, 0.3) is 0 Å². The number of nitrogens with zero attached hydrogens (tertiary/aromatic N) is 3. The lowest BCUT2D eigenvalue weighted by atomic mass is 9.88. The molecule has 3 aromatic rings. The molecule has 10 nitrogen and oxygen atoms in total. The number of nitrogens with one attached hydrogen (secondary N) is 1. The highest BCUT2D eigenvalue weighted by Crippen LogP contribution is 2.36. The quantitative estimate of drug-likeness (QED) is 0.350. The number of hydrogen-bond acceptors (Lipinski definition) is 7. The minimum atomic E-state index is -4.95. The molecule has 0 saturated carbocycles. The van der Waals surface area contributed by atoms with Crippen LogP contribution in [0.15, 0.2) is 54.6 Å². The third kappa shape index (κ3) is 7.51. The fourth-order valence-electron chi connectivity index (χ4n) is 4.73. The van der Waals surface area contributed by atoms with Crippen molar-refractivity contribution in [2.45, 2.75) is 24.4 Å². The molecule has 1 aromatic heterocycles. The van der Waals surface area contributed by atoms with Gasteiger partial charge in [0, 0.05) is 24.7 Å². The minimum absolute atomic E-state index is 0.0272. The van der Waals surface area contributed by atoms with E-state index in [4.69, 9.17) is 14.2 Å². The zero-order valence-corrected chi connectivity index (χ0v) is 23.6. The van der Waals surface area contributed by atoms with Crippen LogP contribution in [-0.2, 0) is 42.6 Å². The van der Waals surface area contributed by atoms with Gasteiger partial charge in [0.15, 0.2) is 5.75 Å². The molecule has 2 aliphatic heterocycles. The van der Waals surface area contributed by atoms with E-state index in [1.807, 2.05) is 0 Å². The third-order valence-corrected chi connectivity index (χ3v) is 8.32. The van der Waals surface area contributed by atoms with Gasteiger partial charge in [-0.05, 0) is 35.9 Å². The number of benzene rings is 2. The van der Waals surface area contributed by atoms with Crippen molar-refractivity contribution in [3.63, 3.8) is 0 Å². The van der Waals surface area contributed by atoms with Crippen molar-refractivity contribution in [1.29, 1.82) is 0 Å². The molecule has 2 fully saturated rings. The van der Waals surface area contributed by atoms with Gasteiger partial charge in [0.05, 0.1) is 37.7 Å². The van der Waals surface area contributed by atoms with Crippen LogP contribution in [0.4, 0.5) is 26.3 Å². The second-order valence-corrected chi connectivity index (χ2v) is 12.0. The summed E-state index contributed by atoms with van der Waals surface area (Å²) in [5.74, 6) is -2.30. The number of ether oxygens (including phenoxy) is 3. The number of carbonyl (C=O) groups excluding carboxylic acids is 1. The summed E-state index contributed by atoms with van der Waals surface area (Å²) in [6, 6.07) is 11.6. The Bertz CT molecular complexity index is 1600. The summed E-state index contributed by atoms with van der Waals surface area (Å²) in [7, 11) is -4.77.